The molecule has 100 valence electrons. The van der Waals surface area contributed by atoms with E-state index in [1.807, 2.05) is 18.0 Å². The van der Waals surface area contributed by atoms with Crippen LogP contribution in [0.15, 0.2) is 36.5 Å². The predicted molar refractivity (Wildman–Crippen MR) is 75.6 cm³/mol. The molecular weight excluding hydrogens is 265 g/mol. The average Bonchev–Trinajstić information content (AvgIpc) is 2.38. The van der Waals surface area contributed by atoms with Crippen LogP contribution in [0.2, 0.25) is 5.02 Å². The van der Waals surface area contributed by atoms with Crippen LogP contribution in [0.1, 0.15) is 11.1 Å². The Bertz CT molecular complexity index is 574. The maximum atomic E-state index is 13.1. The van der Waals surface area contributed by atoms with Gasteiger partial charge < -0.3 is 10.6 Å². The number of benzene rings is 1. The van der Waals surface area contributed by atoms with Crippen LogP contribution in [0.3, 0.4) is 0 Å². The minimum absolute atomic E-state index is 0.247. The monoisotopic (exact) mass is 279 g/mol. The molecule has 0 radical (unpaired) electrons. The Kier molecular flexibility index (Phi) is 4.35. The van der Waals surface area contributed by atoms with Gasteiger partial charge in [-0.05, 0) is 29.3 Å². The molecule has 0 aliphatic heterocycles. The SMILES string of the molecule is CN(Cc1cccc(F)c1)c1ncc(CN)cc1Cl. The van der Waals surface area contributed by atoms with Gasteiger partial charge in [0.1, 0.15) is 11.6 Å². The van der Waals surface area contributed by atoms with Gasteiger partial charge in [-0.3, -0.25) is 0 Å². The second kappa shape index (κ2) is 5.99. The zero-order valence-electron chi connectivity index (χ0n) is 10.6. The smallest absolute Gasteiger partial charge is 0.147 e. The van der Waals surface area contributed by atoms with Crippen LogP contribution in [-0.4, -0.2) is 12.0 Å². The maximum Gasteiger partial charge on any atom is 0.147 e. The topological polar surface area (TPSA) is 42.2 Å². The van der Waals surface area contributed by atoms with Crippen LogP contribution >= 0.6 is 11.6 Å². The number of rotatable bonds is 4. The third kappa shape index (κ3) is 3.43. The fourth-order valence-electron chi connectivity index (χ4n) is 1.85. The van der Waals surface area contributed by atoms with Gasteiger partial charge >= 0.3 is 0 Å². The molecule has 0 bridgehead atoms. The van der Waals surface area contributed by atoms with Gasteiger partial charge in [0.15, 0.2) is 0 Å². The molecule has 0 saturated heterocycles. The minimum atomic E-state index is -0.247. The number of halogens is 2. The third-order valence-electron chi connectivity index (χ3n) is 2.78. The second-order valence-electron chi connectivity index (χ2n) is 4.34. The predicted octanol–water partition coefficient (Wildman–Crippen LogP) is 2.97. The average molecular weight is 280 g/mol. The van der Waals surface area contributed by atoms with Gasteiger partial charge in [0.25, 0.3) is 0 Å². The van der Waals surface area contributed by atoms with Crippen LogP contribution in [-0.2, 0) is 13.1 Å². The molecule has 0 aliphatic rings. The van der Waals surface area contributed by atoms with Crippen LogP contribution in [0, 0.1) is 5.82 Å². The number of anilines is 1. The molecule has 0 aliphatic carbocycles. The summed E-state index contributed by atoms with van der Waals surface area (Å²) < 4.78 is 13.1. The van der Waals surface area contributed by atoms with E-state index in [4.69, 9.17) is 17.3 Å². The van der Waals surface area contributed by atoms with E-state index in [1.54, 1.807) is 18.3 Å². The number of aromatic nitrogens is 1. The fraction of sp³-hybridized carbons (Fsp3) is 0.214. The number of hydrogen-bond donors (Lipinski definition) is 1. The summed E-state index contributed by atoms with van der Waals surface area (Å²) in [7, 11) is 1.86. The quantitative estimate of drug-likeness (QED) is 0.936. The number of hydrogen-bond acceptors (Lipinski definition) is 3. The molecule has 2 N–H and O–H groups in total. The van der Waals surface area contributed by atoms with Crippen molar-refractivity contribution in [1.82, 2.24) is 4.98 Å². The van der Waals surface area contributed by atoms with E-state index in [2.05, 4.69) is 4.98 Å². The molecule has 0 atom stereocenters. The maximum absolute atomic E-state index is 13.1. The number of nitrogens with zero attached hydrogens (tertiary/aromatic N) is 2. The molecule has 0 amide bonds. The third-order valence-corrected chi connectivity index (χ3v) is 3.06. The molecule has 0 fully saturated rings. The first kappa shape index (κ1) is 13.8. The molecule has 5 heteroatoms. The first-order valence-electron chi connectivity index (χ1n) is 5.90. The number of pyridine rings is 1. The lowest BCUT2D eigenvalue weighted by Gasteiger charge is -2.19. The zero-order chi connectivity index (χ0) is 13.8. The van der Waals surface area contributed by atoms with Crippen molar-refractivity contribution in [1.29, 1.82) is 0 Å². The molecule has 0 spiro atoms. The largest absolute Gasteiger partial charge is 0.354 e. The van der Waals surface area contributed by atoms with Crippen LogP contribution in [0.25, 0.3) is 0 Å². The Hall–Kier alpha value is -1.65. The summed E-state index contributed by atoms with van der Waals surface area (Å²) in [5, 5.41) is 0.543. The van der Waals surface area contributed by atoms with Crippen LogP contribution < -0.4 is 10.6 Å². The summed E-state index contributed by atoms with van der Waals surface area (Å²) in [6, 6.07) is 8.27. The molecule has 1 aromatic carbocycles. The van der Waals surface area contributed by atoms with Gasteiger partial charge in [-0.25, -0.2) is 9.37 Å². The van der Waals surface area contributed by atoms with Crippen LogP contribution in [0.4, 0.5) is 10.2 Å². The van der Waals surface area contributed by atoms with E-state index in [0.717, 1.165) is 11.1 Å². The minimum Gasteiger partial charge on any atom is -0.354 e. The van der Waals surface area contributed by atoms with E-state index in [9.17, 15) is 4.39 Å². The summed E-state index contributed by atoms with van der Waals surface area (Å²) in [6.45, 7) is 0.938. The molecule has 1 aromatic heterocycles. The molecule has 2 rings (SSSR count). The highest BCUT2D eigenvalue weighted by atomic mass is 35.5. The van der Waals surface area contributed by atoms with Crippen molar-refractivity contribution in [3.63, 3.8) is 0 Å². The van der Waals surface area contributed by atoms with E-state index in [-0.39, 0.29) is 5.82 Å². The fourth-order valence-corrected chi connectivity index (χ4v) is 2.18. The Morgan fingerprint density at radius 2 is 2.11 bits per heavy atom. The summed E-state index contributed by atoms with van der Waals surface area (Å²) >= 11 is 6.17. The van der Waals surface area contributed by atoms with Gasteiger partial charge in [0.05, 0.1) is 5.02 Å². The highest BCUT2D eigenvalue weighted by Crippen LogP contribution is 2.24. The van der Waals surface area contributed by atoms with E-state index < -0.39 is 0 Å². The van der Waals surface area contributed by atoms with Crippen molar-refractivity contribution in [2.75, 3.05) is 11.9 Å². The standard InChI is InChI=1S/C14H15ClFN3/c1-19(9-10-3-2-4-12(16)5-10)14-13(15)6-11(7-17)8-18-14/h2-6,8H,7,9,17H2,1H3. The second-order valence-corrected chi connectivity index (χ2v) is 4.75. The lowest BCUT2D eigenvalue weighted by atomic mass is 10.2. The van der Waals surface area contributed by atoms with Gasteiger partial charge in [0, 0.05) is 26.3 Å². The highest BCUT2D eigenvalue weighted by molar-refractivity contribution is 6.33. The van der Waals surface area contributed by atoms with Gasteiger partial charge in [-0.1, -0.05) is 23.7 Å². The van der Waals surface area contributed by atoms with Crippen molar-refractivity contribution in [2.45, 2.75) is 13.1 Å². The normalized spacial score (nSPS) is 10.5. The van der Waals surface area contributed by atoms with Crippen molar-refractivity contribution in [3.8, 4) is 0 Å². The summed E-state index contributed by atoms with van der Waals surface area (Å²) in [4.78, 5) is 6.16. The molecule has 1 heterocycles. The van der Waals surface area contributed by atoms with Crippen molar-refractivity contribution in [3.05, 3.63) is 58.5 Å². The highest BCUT2D eigenvalue weighted by Gasteiger charge is 2.09. The lowest BCUT2D eigenvalue weighted by Crippen LogP contribution is -2.18. The van der Waals surface area contributed by atoms with E-state index in [1.165, 1.54) is 12.1 Å². The van der Waals surface area contributed by atoms with Crippen molar-refractivity contribution < 1.29 is 4.39 Å². The van der Waals surface area contributed by atoms with Gasteiger partial charge in [-0.15, -0.1) is 0 Å². The molecule has 3 nitrogen and oxygen atoms in total. The Balaban J connectivity index is 2.18. The number of nitrogens with two attached hydrogens (primary N) is 1. The first-order chi connectivity index (χ1) is 9.10. The Morgan fingerprint density at radius 1 is 1.32 bits per heavy atom. The van der Waals surface area contributed by atoms with Gasteiger partial charge in [-0.2, -0.15) is 0 Å². The molecular formula is C14H15ClFN3. The molecule has 0 saturated carbocycles. The van der Waals surface area contributed by atoms with Crippen molar-refractivity contribution in [2.24, 2.45) is 5.73 Å². The Labute approximate surface area is 116 Å². The zero-order valence-corrected chi connectivity index (χ0v) is 11.4. The molecule has 2 aromatic rings. The molecule has 19 heavy (non-hydrogen) atoms. The van der Waals surface area contributed by atoms with Crippen LogP contribution in [0.5, 0.6) is 0 Å². The first-order valence-corrected chi connectivity index (χ1v) is 6.28. The van der Waals surface area contributed by atoms with E-state index in [0.29, 0.717) is 23.9 Å². The summed E-state index contributed by atoms with van der Waals surface area (Å²) in [6.07, 6.45) is 1.70. The lowest BCUT2D eigenvalue weighted by molar-refractivity contribution is 0.625. The Morgan fingerprint density at radius 3 is 2.74 bits per heavy atom. The van der Waals surface area contributed by atoms with Gasteiger partial charge in [0.2, 0.25) is 0 Å². The summed E-state index contributed by atoms with van der Waals surface area (Å²) in [5.41, 5.74) is 7.28. The van der Waals surface area contributed by atoms with E-state index >= 15 is 0 Å². The van der Waals surface area contributed by atoms with Crippen molar-refractivity contribution >= 4 is 17.4 Å². The summed E-state index contributed by atoms with van der Waals surface area (Å²) in [5.74, 6) is 0.409. The molecule has 0 unspecified atom stereocenters.